The molecule has 1 amide bonds. The Balaban J connectivity index is 1.60. The SMILES string of the molecule is C[C@@H](Nc1ccc(N2CCCC2=O)cc1)C1CCOCC1. The van der Waals surface area contributed by atoms with Gasteiger partial charge >= 0.3 is 0 Å². The summed E-state index contributed by atoms with van der Waals surface area (Å²) in [4.78, 5) is 13.6. The lowest BCUT2D eigenvalue weighted by molar-refractivity contribution is -0.117. The molecule has 0 spiro atoms. The predicted octanol–water partition coefficient (Wildman–Crippen LogP) is 3.04. The summed E-state index contributed by atoms with van der Waals surface area (Å²) in [6.45, 7) is 4.86. The number of ether oxygens (including phenoxy) is 1. The number of anilines is 2. The van der Waals surface area contributed by atoms with E-state index in [2.05, 4.69) is 24.4 Å². The zero-order valence-electron chi connectivity index (χ0n) is 12.7. The van der Waals surface area contributed by atoms with Crippen LogP contribution in [-0.2, 0) is 9.53 Å². The Labute approximate surface area is 126 Å². The Morgan fingerprint density at radius 1 is 1.24 bits per heavy atom. The number of benzene rings is 1. The number of carbonyl (C=O) groups excluding carboxylic acids is 1. The van der Waals surface area contributed by atoms with Crippen molar-refractivity contribution in [2.45, 2.75) is 38.6 Å². The Kier molecular flexibility index (Phi) is 4.44. The second-order valence-corrected chi connectivity index (χ2v) is 6.08. The normalized spacial score (nSPS) is 21.6. The highest BCUT2D eigenvalue weighted by Gasteiger charge is 2.22. The van der Waals surface area contributed by atoms with Crippen molar-refractivity contribution in [3.63, 3.8) is 0 Å². The molecule has 2 saturated heterocycles. The van der Waals surface area contributed by atoms with Crippen LogP contribution >= 0.6 is 0 Å². The lowest BCUT2D eigenvalue weighted by Crippen LogP contribution is -2.31. The molecule has 1 aromatic rings. The Hall–Kier alpha value is -1.55. The molecule has 0 aromatic heterocycles. The van der Waals surface area contributed by atoms with Crippen LogP contribution in [-0.4, -0.2) is 31.7 Å². The van der Waals surface area contributed by atoms with Crippen LogP contribution in [0.3, 0.4) is 0 Å². The molecule has 1 atom stereocenters. The minimum absolute atomic E-state index is 0.242. The molecule has 2 aliphatic rings. The number of nitrogens with one attached hydrogen (secondary N) is 1. The van der Waals surface area contributed by atoms with Gasteiger partial charge in [0.05, 0.1) is 0 Å². The summed E-state index contributed by atoms with van der Waals surface area (Å²) in [5.74, 6) is 0.921. The van der Waals surface area contributed by atoms with E-state index >= 15 is 0 Å². The van der Waals surface area contributed by atoms with E-state index in [1.54, 1.807) is 0 Å². The van der Waals surface area contributed by atoms with E-state index in [0.717, 1.165) is 50.4 Å². The molecule has 0 aliphatic carbocycles. The summed E-state index contributed by atoms with van der Waals surface area (Å²) in [5, 5.41) is 3.58. The van der Waals surface area contributed by atoms with Gasteiger partial charge in [-0.05, 0) is 56.4 Å². The Morgan fingerprint density at radius 2 is 1.95 bits per heavy atom. The van der Waals surface area contributed by atoms with E-state index in [0.29, 0.717) is 18.4 Å². The third kappa shape index (κ3) is 3.38. The number of hydrogen-bond acceptors (Lipinski definition) is 3. The predicted molar refractivity (Wildman–Crippen MR) is 84.7 cm³/mol. The molecular formula is C17H24N2O2. The van der Waals surface area contributed by atoms with Gasteiger partial charge in [-0.25, -0.2) is 0 Å². The number of nitrogens with zero attached hydrogens (tertiary/aromatic N) is 1. The maximum absolute atomic E-state index is 11.7. The van der Waals surface area contributed by atoms with Gasteiger partial charge in [0.2, 0.25) is 5.91 Å². The first kappa shape index (κ1) is 14.4. The third-order valence-electron chi connectivity index (χ3n) is 4.62. The average molecular weight is 288 g/mol. The number of rotatable bonds is 4. The van der Waals surface area contributed by atoms with Gasteiger partial charge in [0.25, 0.3) is 0 Å². The lowest BCUT2D eigenvalue weighted by atomic mass is 9.93. The van der Waals surface area contributed by atoms with Gasteiger partial charge in [0.15, 0.2) is 0 Å². The molecule has 0 radical (unpaired) electrons. The lowest BCUT2D eigenvalue weighted by Gasteiger charge is -2.29. The first-order valence-corrected chi connectivity index (χ1v) is 7.99. The Morgan fingerprint density at radius 3 is 2.57 bits per heavy atom. The summed E-state index contributed by atoms with van der Waals surface area (Å²) < 4.78 is 5.42. The minimum atomic E-state index is 0.242. The van der Waals surface area contributed by atoms with Crippen molar-refractivity contribution in [1.29, 1.82) is 0 Å². The fraction of sp³-hybridized carbons (Fsp3) is 0.588. The van der Waals surface area contributed by atoms with Crippen LogP contribution in [0.1, 0.15) is 32.6 Å². The van der Waals surface area contributed by atoms with E-state index in [-0.39, 0.29) is 5.91 Å². The molecular weight excluding hydrogens is 264 g/mol. The summed E-state index contributed by atoms with van der Waals surface area (Å²) >= 11 is 0. The molecule has 1 aromatic carbocycles. The fourth-order valence-corrected chi connectivity index (χ4v) is 3.26. The van der Waals surface area contributed by atoms with Crippen LogP contribution in [0.15, 0.2) is 24.3 Å². The van der Waals surface area contributed by atoms with E-state index in [9.17, 15) is 4.79 Å². The van der Waals surface area contributed by atoms with Gasteiger partial charge < -0.3 is 15.0 Å². The van der Waals surface area contributed by atoms with Crippen molar-refractivity contribution in [1.82, 2.24) is 0 Å². The average Bonchev–Trinajstić information content (AvgIpc) is 2.95. The largest absolute Gasteiger partial charge is 0.382 e. The summed E-state index contributed by atoms with van der Waals surface area (Å²) in [7, 11) is 0. The van der Waals surface area contributed by atoms with E-state index < -0.39 is 0 Å². The molecule has 4 heteroatoms. The molecule has 2 aliphatic heterocycles. The quantitative estimate of drug-likeness (QED) is 0.926. The fourth-order valence-electron chi connectivity index (χ4n) is 3.26. The highest BCUT2D eigenvalue weighted by atomic mass is 16.5. The standard InChI is InChI=1S/C17H24N2O2/c1-13(14-8-11-21-12-9-14)18-15-4-6-16(7-5-15)19-10-2-3-17(19)20/h4-7,13-14,18H,2-3,8-12H2,1H3/t13-/m1/s1. The van der Waals surface area contributed by atoms with Crippen LogP contribution in [0.25, 0.3) is 0 Å². The molecule has 1 N–H and O–H groups in total. The van der Waals surface area contributed by atoms with Crippen molar-refractivity contribution >= 4 is 17.3 Å². The molecule has 2 fully saturated rings. The van der Waals surface area contributed by atoms with Crippen LogP contribution in [0.4, 0.5) is 11.4 Å². The number of hydrogen-bond donors (Lipinski definition) is 1. The van der Waals surface area contributed by atoms with Gasteiger partial charge in [-0.15, -0.1) is 0 Å². The number of carbonyl (C=O) groups is 1. The van der Waals surface area contributed by atoms with Gasteiger partial charge in [-0.1, -0.05) is 0 Å². The maximum atomic E-state index is 11.7. The van der Waals surface area contributed by atoms with Crippen LogP contribution in [0.5, 0.6) is 0 Å². The van der Waals surface area contributed by atoms with Crippen LogP contribution in [0.2, 0.25) is 0 Å². The van der Waals surface area contributed by atoms with Gasteiger partial charge in [-0.2, -0.15) is 0 Å². The van der Waals surface area contributed by atoms with Crippen molar-refractivity contribution < 1.29 is 9.53 Å². The van der Waals surface area contributed by atoms with E-state index in [4.69, 9.17) is 4.74 Å². The molecule has 0 unspecified atom stereocenters. The summed E-state index contributed by atoms with van der Waals surface area (Å²) in [6, 6.07) is 8.70. The monoisotopic (exact) mass is 288 g/mol. The molecule has 4 nitrogen and oxygen atoms in total. The second-order valence-electron chi connectivity index (χ2n) is 6.08. The topological polar surface area (TPSA) is 41.6 Å². The third-order valence-corrected chi connectivity index (χ3v) is 4.62. The first-order chi connectivity index (χ1) is 10.2. The van der Waals surface area contributed by atoms with E-state index in [1.165, 1.54) is 0 Å². The van der Waals surface area contributed by atoms with Crippen molar-refractivity contribution in [2.75, 3.05) is 30.0 Å². The van der Waals surface area contributed by atoms with Gasteiger partial charge in [0, 0.05) is 43.6 Å². The number of amides is 1. The van der Waals surface area contributed by atoms with Crippen molar-refractivity contribution in [2.24, 2.45) is 5.92 Å². The minimum Gasteiger partial charge on any atom is -0.382 e. The molecule has 2 heterocycles. The molecule has 114 valence electrons. The van der Waals surface area contributed by atoms with Crippen LogP contribution < -0.4 is 10.2 Å². The van der Waals surface area contributed by atoms with Gasteiger partial charge in [-0.3, -0.25) is 4.79 Å². The van der Waals surface area contributed by atoms with Crippen LogP contribution in [0, 0.1) is 5.92 Å². The maximum Gasteiger partial charge on any atom is 0.227 e. The highest BCUT2D eigenvalue weighted by molar-refractivity contribution is 5.95. The summed E-state index contributed by atoms with van der Waals surface area (Å²) in [5.41, 5.74) is 2.14. The van der Waals surface area contributed by atoms with E-state index in [1.807, 2.05) is 17.0 Å². The zero-order valence-corrected chi connectivity index (χ0v) is 12.7. The smallest absolute Gasteiger partial charge is 0.227 e. The highest BCUT2D eigenvalue weighted by Crippen LogP contribution is 2.25. The molecule has 0 saturated carbocycles. The van der Waals surface area contributed by atoms with Crippen molar-refractivity contribution in [3.05, 3.63) is 24.3 Å². The first-order valence-electron chi connectivity index (χ1n) is 7.99. The summed E-state index contributed by atoms with van der Waals surface area (Å²) in [6.07, 6.45) is 3.92. The van der Waals surface area contributed by atoms with Gasteiger partial charge in [0.1, 0.15) is 0 Å². The molecule has 3 rings (SSSR count). The Bertz CT molecular complexity index is 480. The molecule has 21 heavy (non-hydrogen) atoms. The second kappa shape index (κ2) is 6.48. The zero-order chi connectivity index (χ0) is 14.7. The van der Waals surface area contributed by atoms with Crippen molar-refractivity contribution in [3.8, 4) is 0 Å². The molecule has 0 bridgehead atoms.